The summed E-state index contributed by atoms with van der Waals surface area (Å²) in [7, 11) is 0. The highest BCUT2D eigenvalue weighted by Gasteiger charge is 2.02. The summed E-state index contributed by atoms with van der Waals surface area (Å²) in [4.78, 5) is 14.1. The lowest BCUT2D eigenvalue weighted by Crippen LogP contribution is -1.98. The van der Waals surface area contributed by atoms with Crippen molar-refractivity contribution in [1.82, 2.24) is 4.98 Å². The van der Waals surface area contributed by atoms with Gasteiger partial charge >= 0.3 is 5.97 Å². The molecule has 0 aliphatic rings. The van der Waals surface area contributed by atoms with Crippen LogP contribution in [0.1, 0.15) is 10.7 Å². The van der Waals surface area contributed by atoms with Gasteiger partial charge in [0.25, 0.3) is 0 Å². The SMILES string of the molecule is Cc1csc(CC(=O)O)n1. The number of carboxylic acids is 1. The molecule has 0 spiro atoms. The maximum Gasteiger partial charge on any atom is 0.310 e. The summed E-state index contributed by atoms with van der Waals surface area (Å²) >= 11 is 1.39. The topological polar surface area (TPSA) is 50.2 Å². The van der Waals surface area contributed by atoms with Gasteiger partial charge in [-0.15, -0.1) is 11.3 Å². The number of nitrogens with zero attached hydrogens (tertiary/aromatic N) is 1. The number of carboxylic acid groups (broad SMARTS) is 1. The first-order valence-electron chi connectivity index (χ1n) is 2.81. The molecule has 0 atom stereocenters. The molecule has 0 saturated carbocycles. The van der Waals surface area contributed by atoms with E-state index in [1.165, 1.54) is 11.3 Å². The Morgan fingerprint density at radius 1 is 1.90 bits per heavy atom. The Hall–Kier alpha value is -0.900. The van der Waals surface area contributed by atoms with E-state index in [0.29, 0.717) is 5.01 Å². The van der Waals surface area contributed by atoms with Crippen LogP contribution >= 0.6 is 11.3 Å². The number of hydrogen-bond donors (Lipinski definition) is 1. The molecule has 0 fully saturated rings. The molecule has 54 valence electrons. The van der Waals surface area contributed by atoms with E-state index in [1.807, 2.05) is 12.3 Å². The van der Waals surface area contributed by atoms with Gasteiger partial charge in [-0.3, -0.25) is 4.79 Å². The summed E-state index contributed by atoms with van der Waals surface area (Å²) in [6.45, 7) is 1.85. The van der Waals surface area contributed by atoms with Crippen LogP contribution < -0.4 is 0 Å². The molecule has 1 N–H and O–H groups in total. The van der Waals surface area contributed by atoms with Gasteiger partial charge < -0.3 is 5.11 Å². The van der Waals surface area contributed by atoms with Gasteiger partial charge in [0, 0.05) is 11.1 Å². The highest BCUT2D eigenvalue weighted by atomic mass is 32.1. The molecule has 10 heavy (non-hydrogen) atoms. The summed E-state index contributed by atoms with van der Waals surface area (Å²) in [6.07, 6.45) is 0.0402. The molecular formula is C6H7NO2S. The van der Waals surface area contributed by atoms with Crippen LogP contribution in [0.4, 0.5) is 0 Å². The van der Waals surface area contributed by atoms with Crippen LogP contribution in [0.15, 0.2) is 5.38 Å². The molecule has 0 radical (unpaired) electrons. The summed E-state index contributed by atoms with van der Waals surface area (Å²) in [5, 5.41) is 10.9. The first kappa shape index (κ1) is 7.21. The Morgan fingerprint density at radius 3 is 3.00 bits per heavy atom. The van der Waals surface area contributed by atoms with Gasteiger partial charge in [0.15, 0.2) is 0 Å². The Bertz CT molecular complexity index is 244. The van der Waals surface area contributed by atoms with E-state index in [2.05, 4.69) is 4.98 Å². The van der Waals surface area contributed by atoms with Gasteiger partial charge in [-0.25, -0.2) is 4.98 Å². The van der Waals surface area contributed by atoms with Crippen LogP contribution in [0, 0.1) is 6.92 Å². The Labute approximate surface area is 62.3 Å². The lowest BCUT2D eigenvalue weighted by Gasteiger charge is -1.85. The monoisotopic (exact) mass is 157 g/mol. The molecule has 0 saturated heterocycles. The molecule has 0 unspecified atom stereocenters. The molecule has 0 bridgehead atoms. The van der Waals surface area contributed by atoms with Gasteiger partial charge in [0.1, 0.15) is 5.01 Å². The maximum atomic E-state index is 10.1. The lowest BCUT2D eigenvalue weighted by atomic mass is 10.4. The van der Waals surface area contributed by atoms with E-state index < -0.39 is 5.97 Å². The lowest BCUT2D eigenvalue weighted by molar-refractivity contribution is -0.136. The second kappa shape index (κ2) is 2.79. The van der Waals surface area contributed by atoms with Gasteiger partial charge in [0.2, 0.25) is 0 Å². The van der Waals surface area contributed by atoms with Crippen molar-refractivity contribution in [2.24, 2.45) is 0 Å². The standard InChI is InChI=1S/C6H7NO2S/c1-4-3-10-5(7-4)2-6(8)9/h3H,2H2,1H3,(H,8,9). The average Bonchev–Trinajstić information content (AvgIpc) is 2.13. The minimum absolute atomic E-state index is 0.0402. The average molecular weight is 157 g/mol. The van der Waals surface area contributed by atoms with Crippen LogP contribution in [0.2, 0.25) is 0 Å². The van der Waals surface area contributed by atoms with Crippen LogP contribution in [-0.2, 0) is 11.2 Å². The molecule has 0 aliphatic carbocycles. The van der Waals surface area contributed by atoms with E-state index in [9.17, 15) is 4.79 Å². The predicted molar refractivity (Wildman–Crippen MR) is 38.2 cm³/mol. The zero-order chi connectivity index (χ0) is 7.56. The van der Waals surface area contributed by atoms with Crippen molar-refractivity contribution in [1.29, 1.82) is 0 Å². The zero-order valence-corrected chi connectivity index (χ0v) is 6.31. The number of thiazole rings is 1. The molecule has 4 heteroatoms. The van der Waals surface area contributed by atoms with E-state index in [1.54, 1.807) is 0 Å². The van der Waals surface area contributed by atoms with Crippen molar-refractivity contribution < 1.29 is 9.90 Å². The maximum absolute atomic E-state index is 10.1. The van der Waals surface area contributed by atoms with E-state index in [4.69, 9.17) is 5.11 Å². The molecule has 0 aromatic carbocycles. The van der Waals surface area contributed by atoms with Crippen LogP contribution in [0.3, 0.4) is 0 Å². The van der Waals surface area contributed by atoms with Crippen LogP contribution in [0.5, 0.6) is 0 Å². The normalized spacial score (nSPS) is 9.70. The minimum atomic E-state index is -0.825. The summed E-state index contributed by atoms with van der Waals surface area (Å²) < 4.78 is 0. The van der Waals surface area contributed by atoms with Crippen LogP contribution in [-0.4, -0.2) is 16.1 Å². The van der Waals surface area contributed by atoms with Gasteiger partial charge in [-0.2, -0.15) is 0 Å². The van der Waals surface area contributed by atoms with Crippen molar-refractivity contribution in [3.05, 3.63) is 16.1 Å². The second-order valence-corrected chi connectivity index (χ2v) is 2.90. The van der Waals surface area contributed by atoms with Gasteiger partial charge in [-0.05, 0) is 6.92 Å². The third-order valence-electron chi connectivity index (χ3n) is 0.969. The molecule has 1 aromatic heterocycles. The summed E-state index contributed by atoms with van der Waals surface area (Å²) in [5.41, 5.74) is 0.890. The van der Waals surface area contributed by atoms with Crippen molar-refractivity contribution in [2.45, 2.75) is 13.3 Å². The number of carbonyl (C=O) groups is 1. The number of rotatable bonds is 2. The Kier molecular flexibility index (Phi) is 2.01. The Balaban J connectivity index is 2.67. The summed E-state index contributed by atoms with van der Waals surface area (Å²) in [6, 6.07) is 0. The fourth-order valence-electron chi connectivity index (χ4n) is 0.613. The molecule has 0 aliphatic heterocycles. The van der Waals surface area contributed by atoms with Crippen LogP contribution in [0.25, 0.3) is 0 Å². The number of aliphatic carboxylic acids is 1. The van der Waals surface area contributed by atoms with Crippen molar-refractivity contribution in [3.8, 4) is 0 Å². The molecule has 0 amide bonds. The van der Waals surface area contributed by atoms with Gasteiger partial charge in [0.05, 0.1) is 6.42 Å². The quantitative estimate of drug-likeness (QED) is 0.698. The number of aryl methyl sites for hydroxylation is 1. The van der Waals surface area contributed by atoms with E-state index >= 15 is 0 Å². The fourth-order valence-corrected chi connectivity index (χ4v) is 1.38. The second-order valence-electron chi connectivity index (χ2n) is 1.95. The minimum Gasteiger partial charge on any atom is -0.481 e. The summed E-state index contributed by atoms with van der Waals surface area (Å²) in [5.74, 6) is -0.825. The molecule has 1 rings (SSSR count). The largest absolute Gasteiger partial charge is 0.481 e. The van der Waals surface area contributed by atoms with Crippen molar-refractivity contribution in [2.75, 3.05) is 0 Å². The molecule has 1 heterocycles. The highest BCUT2D eigenvalue weighted by Crippen LogP contribution is 2.08. The third kappa shape index (κ3) is 1.80. The first-order valence-corrected chi connectivity index (χ1v) is 3.69. The van der Waals surface area contributed by atoms with Crippen molar-refractivity contribution in [3.63, 3.8) is 0 Å². The first-order chi connectivity index (χ1) is 4.68. The van der Waals surface area contributed by atoms with Crippen molar-refractivity contribution >= 4 is 17.3 Å². The highest BCUT2D eigenvalue weighted by molar-refractivity contribution is 7.09. The predicted octanol–water partition coefficient (Wildman–Crippen LogP) is 1.08. The Morgan fingerprint density at radius 2 is 2.60 bits per heavy atom. The molecule has 1 aromatic rings. The smallest absolute Gasteiger partial charge is 0.310 e. The number of aromatic nitrogens is 1. The molecular weight excluding hydrogens is 150 g/mol. The fraction of sp³-hybridized carbons (Fsp3) is 0.333. The molecule has 3 nitrogen and oxygen atoms in total. The number of hydrogen-bond acceptors (Lipinski definition) is 3. The zero-order valence-electron chi connectivity index (χ0n) is 5.50. The van der Waals surface area contributed by atoms with E-state index in [-0.39, 0.29) is 6.42 Å². The van der Waals surface area contributed by atoms with E-state index in [0.717, 1.165) is 5.69 Å². The third-order valence-corrected chi connectivity index (χ3v) is 1.94. The van der Waals surface area contributed by atoms with Gasteiger partial charge in [-0.1, -0.05) is 0 Å².